The van der Waals surface area contributed by atoms with Crippen molar-refractivity contribution in [1.82, 2.24) is 0 Å². The Balaban J connectivity index is 2.82. The van der Waals surface area contributed by atoms with Crippen molar-refractivity contribution in [3.05, 3.63) is 35.4 Å². The number of rotatable bonds is 4. The van der Waals surface area contributed by atoms with Crippen LogP contribution in [-0.2, 0) is 11.8 Å². The fourth-order valence-electron chi connectivity index (χ4n) is 1.81. The van der Waals surface area contributed by atoms with Crippen molar-refractivity contribution >= 4 is 0 Å². The summed E-state index contributed by atoms with van der Waals surface area (Å²) < 4.78 is 73.7. The Labute approximate surface area is 112 Å². The minimum atomic E-state index is -4.56. The molecule has 1 aromatic rings. The molecule has 0 amide bonds. The Kier molecular flexibility index (Phi) is 4.74. The Hall–Kier alpha value is -1.24. The Morgan fingerprint density at radius 1 is 0.950 bits per heavy atom. The van der Waals surface area contributed by atoms with Gasteiger partial charge in [-0.3, -0.25) is 0 Å². The number of benzene rings is 1. The second-order valence-corrected chi connectivity index (χ2v) is 4.82. The molecule has 0 saturated carbocycles. The zero-order valence-corrected chi connectivity index (χ0v) is 10.6. The van der Waals surface area contributed by atoms with Crippen LogP contribution in [0.1, 0.15) is 37.3 Å². The molecule has 1 rings (SSSR count). The Morgan fingerprint density at radius 2 is 1.50 bits per heavy atom. The summed E-state index contributed by atoms with van der Waals surface area (Å²) in [5, 5.41) is 10.0. The Morgan fingerprint density at radius 3 is 2.00 bits per heavy atom. The molecule has 0 aliphatic rings. The van der Waals surface area contributed by atoms with Gasteiger partial charge in [-0.05, 0) is 37.5 Å². The second-order valence-electron chi connectivity index (χ2n) is 4.82. The summed E-state index contributed by atoms with van der Waals surface area (Å²) in [5.74, 6) is 0. The first-order valence-electron chi connectivity index (χ1n) is 5.89. The van der Waals surface area contributed by atoms with Crippen LogP contribution in [0.25, 0.3) is 0 Å². The highest BCUT2D eigenvalue weighted by molar-refractivity contribution is 5.29. The molecule has 114 valence electrons. The summed E-state index contributed by atoms with van der Waals surface area (Å²) in [6, 6.07) is 3.99. The molecule has 1 atom stereocenters. The molecule has 1 aromatic carbocycles. The Bertz CT molecular complexity index is 447. The summed E-state index contributed by atoms with van der Waals surface area (Å²) in [5.41, 5.74) is -2.72. The van der Waals surface area contributed by atoms with Gasteiger partial charge in [-0.1, -0.05) is 12.1 Å². The lowest BCUT2D eigenvalue weighted by atomic mass is 9.89. The number of alkyl halides is 6. The fraction of sp³-hybridized carbons (Fsp3) is 0.538. The van der Waals surface area contributed by atoms with Gasteiger partial charge in [0.1, 0.15) is 0 Å². The molecule has 7 heteroatoms. The highest BCUT2D eigenvalue weighted by Crippen LogP contribution is 2.34. The van der Waals surface area contributed by atoms with Crippen LogP contribution in [-0.4, -0.2) is 11.3 Å². The van der Waals surface area contributed by atoms with Crippen LogP contribution in [0.5, 0.6) is 0 Å². The van der Waals surface area contributed by atoms with Crippen LogP contribution < -0.4 is 0 Å². The summed E-state index contributed by atoms with van der Waals surface area (Å²) >= 11 is 0. The van der Waals surface area contributed by atoms with Crippen LogP contribution >= 0.6 is 0 Å². The zero-order chi connectivity index (χ0) is 15.6. The first kappa shape index (κ1) is 16.8. The fourth-order valence-corrected chi connectivity index (χ4v) is 1.81. The van der Waals surface area contributed by atoms with E-state index in [1.54, 1.807) is 0 Å². The van der Waals surface area contributed by atoms with Crippen molar-refractivity contribution in [3.63, 3.8) is 0 Å². The van der Waals surface area contributed by atoms with E-state index in [0.717, 1.165) is 18.2 Å². The third kappa shape index (κ3) is 5.03. The third-order valence-corrected chi connectivity index (χ3v) is 2.94. The van der Waals surface area contributed by atoms with Crippen LogP contribution in [0.15, 0.2) is 24.3 Å². The largest absolute Gasteiger partial charge is 0.416 e. The minimum Gasteiger partial charge on any atom is -0.385 e. The quantitative estimate of drug-likeness (QED) is 0.803. The van der Waals surface area contributed by atoms with Crippen LogP contribution in [0.4, 0.5) is 26.3 Å². The van der Waals surface area contributed by atoms with E-state index in [4.69, 9.17) is 0 Å². The molecule has 0 aliphatic heterocycles. The van der Waals surface area contributed by atoms with Gasteiger partial charge in [0.05, 0.1) is 11.2 Å². The van der Waals surface area contributed by atoms with Gasteiger partial charge >= 0.3 is 12.4 Å². The molecular weight excluding hydrogens is 286 g/mol. The standard InChI is InChI=1S/C13H14F6O/c1-11(20,6-3-7-12(14,15)16)9-4-2-5-10(8-9)13(17,18)19/h2,4-5,8,20H,3,6-7H2,1H3. The van der Waals surface area contributed by atoms with Crippen LogP contribution in [0.2, 0.25) is 0 Å². The normalized spacial score (nSPS) is 16.0. The first-order valence-corrected chi connectivity index (χ1v) is 5.89. The predicted octanol–water partition coefficient (Wildman–Crippen LogP) is 4.65. The molecule has 0 spiro atoms. The average Bonchev–Trinajstić information content (AvgIpc) is 2.26. The van der Waals surface area contributed by atoms with Crippen molar-refractivity contribution < 1.29 is 31.4 Å². The molecule has 0 radical (unpaired) electrons. The SMILES string of the molecule is CC(O)(CCCC(F)(F)F)c1cccc(C(F)(F)F)c1. The molecular formula is C13H14F6O. The number of halogens is 6. The highest BCUT2D eigenvalue weighted by atomic mass is 19.4. The minimum absolute atomic E-state index is 0.0468. The van der Waals surface area contributed by atoms with Gasteiger partial charge in [0.2, 0.25) is 0 Å². The second kappa shape index (κ2) is 5.63. The lowest BCUT2D eigenvalue weighted by Crippen LogP contribution is -2.23. The lowest BCUT2D eigenvalue weighted by Gasteiger charge is -2.25. The van der Waals surface area contributed by atoms with E-state index in [0.29, 0.717) is 0 Å². The number of hydrogen-bond acceptors (Lipinski definition) is 1. The van der Waals surface area contributed by atoms with Crippen molar-refractivity contribution in [2.45, 2.75) is 44.1 Å². The molecule has 0 heterocycles. The molecule has 0 aliphatic carbocycles. The van der Waals surface area contributed by atoms with Gasteiger partial charge < -0.3 is 5.11 Å². The molecule has 0 aromatic heterocycles. The maximum absolute atomic E-state index is 12.5. The molecule has 1 N–H and O–H groups in total. The van der Waals surface area contributed by atoms with E-state index in [2.05, 4.69) is 0 Å². The molecule has 20 heavy (non-hydrogen) atoms. The summed E-state index contributed by atoms with van der Waals surface area (Å²) in [4.78, 5) is 0. The number of aliphatic hydroxyl groups is 1. The topological polar surface area (TPSA) is 20.2 Å². The van der Waals surface area contributed by atoms with Crippen molar-refractivity contribution in [1.29, 1.82) is 0 Å². The van der Waals surface area contributed by atoms with Gasteiger partial charge in [0.25, 0.3) is 0 Å². The van der Waals surface area contributed by atoms with Gasteiger partial charge in [0, 0.05) is 6.42 Å². The number of hydrogen-bond donors (Lipinski definition) is 1. The smallest absolute Gasteiger partial charge is 0.385 e. The highest BCUT2D eigenvalue weighted by Gasteiger charge is 2.33. The molecule has 0 saturated heterocycles. The summed E-state index contributed by atoms with van der Waals surface area (Å²) in [6.07, 6.45) is -10.6. The maximum atomic E-state index is 12.5. The van der Waals surface area contributed by atoms with E-state index in [1.807, 2.05) is 0 Å². The lowest BCUT2D eigenvalue weighted by molar-refractivity contribution is -0.137. The van der Waals surface area contributed by atoms with E-state index >= 15 is 0 Å². The van der Waals surface area contributed by atoms with Crippen molar-refractivity contribution in [2.75, 3.05) is 0 Å². The molecule has 1 nitrogen and oxygen atoms in total. The monoisotopic (exact) mass is 300 g/mol. The first-order chi connectivity index (χ1) is 8.92. The van der Waals surface area contributed by atoms with Gasteiger partial charge in [-0.2, -0.15) is 26.3 Å². The summed E-state index contributed by atoms with van der Waals surface area (Å²) in [7, 11) is 0. The van der Waals surface area contributed by atoms with Gasteiger partial charge in [-0.15, -0.1) is 0 Å². The predicted molar refractivity (Wildman–Crippen MR) is 60.9 cm³/mol. The van der Waals surface area contributed by atoms with Crippen molar-refractivity contribution in [2.24, 2.45) is 0 Å². The molecule has 0 fully saturated rings. The summed E-state index contributed by atoms with van der Waals surface area (Å²) in [6.45, 7) is 1.21. The maximum Gasteiger partial charge on any atom is 0.416 e. The molecule has 1 unspecified atom stereocenters. The van der Waals surface area contributed by atoms with E-state index in [1.165, 1.54) is 13.0 Å². The van der Waals surface area contributed by atoms with Crippen LogP contribution in [0.3, 0.4) is 0 Å². The zero-order valence-electron chi connectivity index (χ0n) is 10.6. The van der Waals surface area contributed by atoms with E-state index < -0.39 is 29.9 Å². The van der Waals surface area contributed by atoms with Gasteiger partial charge in [0.15, 0.2) is 0 Å². The average molecular weight is 300 g/mol. The van der Waals surface area contributed by atoms with E-state index in [-0.39, 0.29) is 18.4 Å². The third-order valence-electron chi connectivity index (χ3n) is 2.94. The van der Waals surface area contributed by atoms with Gasteiger partial charge in [-0.25, -0.2) is 0 Å². The molecule has 0 bridgehead atoms. The van der Waals surface area contributed by atoms with Crippen LogP contribution in [0, 0.1) is 0 Å². The van der Waals surface area contributed by atoms with E-state index in [9.17, 15) is 31.4 Å². The van der Waals surface area contributed by atoms with Crippen molar-refractivity contribution in [3.8, 4) is 0 Å².